The van der Waals surface area contributed by atoms with Crippen molar-refractivity contribution < 1.29 is 5.11 Å². The van der Waals surface area contributed by atoms with E-state index >= 15 is 0 Å². The Morgan fingerprint density at radius 3 is 2.55 bits per heavy atom. The lowest BCUT2D eigenvalue weighted by atomic mass is 10.2. The molecule has 0 bridgehead atoms. The van der Waals surface area contributed by atoms with Crippen LogP contribution in [0.5, 0.6) is 0 Å². The molecule has 0 saturated heterocycles. The third kappa shape index (κ3) is 7.42. The maximum Gasteiger partial charge on any atom is 0.114 e. The standard InChI is InChI=1S/C10H18O/c1-3-5-6-7-8-9-10(11)4-2/h10-11H,3-7H2,1-2H3/t10-/m0/s1. The normalized spacial score (nSPS) is 11.9. The summed E-state index contributed by atoms with van der Waals surface area (Å²) < 4.78 is 0. The predicted octanol–water partition coefficient (Wildman–Crippen LogP) is 2.34. The zero-order valence-corrected chi connectivity index (χ0v) is 7.56. The lowest BCUT2D eigenvalue weighted by molar-refractivity contribution is 0.228. The third-order valence-corrected chi connectivity index (χ3v) is 1.56. The topological polar surface area (TPSA) is 20.2 Å². The molecule has 0 unspecified atom stereocenters. The van der Waals surface area contributed by atoms with Gasteiger partial charge >= 0.3 is 0 Å². The lowest BCUT2D eigenvalue weighted by Gasteiger charge is -1.94. The highest BCUT2D eigenvalue weighted by Gasteiger charge is 1.89. The van der Waals surface area contributed by atoms with Gasteiger partial charge in [-0.05, 0) is 12.8 Å². The van der Waals surface area contributed by atoms with Crippen LogP contribution in [0.15, 0.2) is 0 Å². The summed E-state index contributed by atoms with van der Waals surface area (Å²) >= 11 is 0. The first kappa shape index (κ1) is 10.5. The van der Waals surface area contributed by atoms with Crippen LogP contribution < -0.4 is 0 Å². The van der Waals surface area contributed by atoms with Crippen LogP contribution in [0.4, 0.5) is 0 Å². The molecule has 0 aliphatic heterocycles. The van der Waals surface area contributed by atoms with Gasteiger partial charge in [-0.15, -0.1) is 5.92 Å². The van der Waals surface area contributed by atoms with Gasteiger partial charge in [-0.1, -0.05) is 32.6 Å². The Bertz CT molecular complexity index is 130. The first-order valence-corrected chi connectivity index (χ1v) is 4.47. The summed E-state index contributed by atoms with van der Waals surface area (Å²) in [6.45, 7) is 4.11. The van der Waals surface area contributed by atoms with Crippen molar-refractivity contribution in [1.82, 2.24) is 0 Å². The van der Waals surface area contributed by atoms with Gasteiger partial charge in [0.25, 0.3) is 0 Å². The minimum absolute atomic E-state index is 0.406. The highest BCUT2D eigenvalue weighted by atomic mass is 16.3. The quantitative estimate of drug-likeness (QED) is 0.487. The van der Waals surface area contributed by atoms with Crippen LogP contribution >= 0.6 is 0 Å². The van der Waals surface area contributed by atoms with Gasteiger partial charge in [0.15, 0.2) is 0 Å². The van der Waals surface area contributed by atoms with Gasteiger partial charge in [-0.2, -0.15) is 0 Å². The van der Waals surface area contributed by atoms with Crippen molar-refractivity contribution in [2.24, 2.45) is 0 Å². The molecule has 0 fully saturated rings. The van der Waals surface area contributed by atoms with Crippen molar-refractivity contribution in [3.05, 3.63) is 0 Å². The molecular formula is C10H18O. The third-order valence-electron chi connectivity index (χ3n) is 1.56. The van der Waals surface area contributed by atoms with Crippen LogP contribution in [-0.4, -0.2) is 11.2 Å². The Balaban J connectivity index is 3.25. The summed E-state index contributed by atoms with van der Waals surface area (Å²) in [5.74, 6) is 5.77. The molecule has 0 saturated carbocycles. The van der Waals surface area contributed by atoms with Gasteiger partial charge in [0.2, 0.25) is 0 Å². The Morgan fingerprint density at radius 2 is 2.00 bits per heavy atom. The maximum atomic E-state index is 9.04. The van der Waals surface area contributed by atoms with Crippen LogP contribution in [0.25, 0.3) is 0 Å². The summed E-state index contributed by atoms with van der Waals surface area (Å²) in [4.78, 5) is 0. The van der Waals surface area contributed by atoms with E-state index in [1.165, 1.54) is 19.3 Å². The van der Waals surface area contributed by atoms with Gasteiger partial charge in [-0.3, -0.25) is 0 Å². The van der Waals surface area contributed by atoms with Gasteiger partial charge in [-0.25, -0.2) is 0 Å². The largest absolute Gasteiger partial charge is 0.380 e. The smallest absolute Gasteiger partial charge is 0.114 e. The number of unbranched alkanes of at least 4 members (excludes halogenated alkanes) is 3. The Labute approximate surface area is 69.8 Å². The van der Waals surface area contributed by atoms with Crippen LogP contribution in [0, 0.1) is 11.8 Å². The highest BCUT2D eigenvalue weighted by molar-refractivity contribution is 5.03. The van der Waals surface area contributed by atoms with E-state index in [9.17, 15) is 0 Å². The van der Waals surface area contributed by atoms with E-state index in [0.717, 1.165) is 12.8 Å². The highest BCUT2D eigenvalue weighted by Crippen LogP contribution is 1.97. The number of hydrogen-bond acceptors (Lipinski definition) is 1. The zero-order chi connectivity index (χ0) is 8.53. The molecular weight excluding hydrogens is 136 g/mol. The molecule has 0 aromatic rings. The number of aliphatic hydroxyl groups is 1. The summed E-state index contributed by atoms with van der Waals surface area (Å²) in [5.41, 5.74) is 0. The first-order chi connectivity index (χ1) is 5.31. The first-order valence-electron chi connectivity index (χ1n) is 4.47. The summed E-state index contributed by atoms with van der Waals surface area (Å²) in [7, 11) is 0. The molecule has 0 aromatic carbocycles. The SMILES string of the molecule is CCCCCC#C[C@@H](O)CC. The van der Waals surface area contributed by atoms with Crippen molar-refractivity contribution in [2.75, 3.05) is 0 Å². The van der Waals surface area contributed by atoms with Gasteiger partial charge in [0, 0.05) is 6.42 Å². The fourth-order valence-electron chi connectivity index (χ4n) is 0.755. The monoisotopic (exact) mass is 154 g/mol. The van der Waals surface area contributed by atoms with Crippen LogP contribution in [-0.2, 0) is 0 Å². The van der Waals surface area contributed by atoms with Crippen LogP contribution in [0.2, 0.25) is 0 Å². The fourth-order valence-corrected chi connectivity index (χ4v) is 0.755. The minimum atomic E-state index is -0.406. The molecule has 11 heavy (non-hydrogen) atoms. The van der Waals surface area contributed by atoms with Crippen molar-refractivity contribution in [3.8, 4) is 11.8 Å². The average molecular weight is 154 g/mol. The Kier molecular flexibility index (Phi) is 7.29. The fraction of sp³-hybridized carbons (Fsp3) is 0.800. The molecule has 0 aliphatic carbocycles. The van der Waals surface area contributed by atoms with Crippen molar-refractivity contribution in [2.45, 2.75) is 52.1 Å². The Hall–Kier alpha value is -0.480. The van der Waals surface area contributed by atoms with E-state index in [0.29, 0.717) is 0 Å². The van der Waals surface area contributed by atoms with Crippen molar-refractivity contribution in [3.63, 3.8) is 0 Å². The summed E-state index contributed by atoms with van der Waals surface area (Å²) in [6.07, 6.45) is 4.91. The van der Waals surface area contributed by atoms with E-state index in [1.54, 1.807) is 0 Å². The molecule has 64 valence electrons. The summed E-state index contributed by atoms with van der Waals surface area (Å²) in [6, 6.07) is 0. The van der Waals surface area contributed by atoms with Gasteiger partial charge in [0.1, 0.15) is 6.10 Å². The minimum Gasteiger partial charge on any atom is -0.380 e. The number of rotatable bonds is 4. The molecule has 1 atom stereocenters. The molecule has 0 rings (SSSR count). The van der Waals surface area contributed by atoms with E-state index in [2.05, 4.69) is 18.8 Å². The number of hydrogen-bond donors (Lipinski definition) is 1. The second-order valence-electron chi connectivity index (χ2n) is 2.70. The average Bonchev–Trinajstić information content (AvgIpc) is 2.04. The van der Waals surface area contributed by atoms with E-state index < -0.39 is 6.10 Å². The van der Waals surface area contributed by atoms with Crippen LogP contribution in [0.3, 0.4) is 0 Å². The predicted molar refractivity (Wildman–Crippen MR) is 48.2 cm³/mol. The molecule has 1 N–H and O–H groups in total. The molecule has 0 radical (unpaired) electrons. The molecule has 0 amide bonds. The van der Waals surface area contributed by atoms with Gasteiger partial charge < -0.3 is 5.11 Å². The zero-order valence-electron chi connectivity index (χ0n) is 7.56. The maximum absolute atomic E-state index is 9.04. The molecule has 0 spiro atoms. The van der Waals surface area contributed by atoms with Crippen LogP contribution in [0.1, 0.15) is 46.0 Å². The van der Waals surface area contributed by atoms with Gasteiger partial charge in [0.05, 0.1) is 0 Å². The van der Waals surface area contributed by atoms with Crippen molar-refractivity contribution in [1.29, 1.82) is 0 Å². The molecule has 0 aromatic heterocycles. The van der Waals surface area contributed by atoms with E-state index in [-0.39, 0.29) is 0 Å². The molecule has 1 nitrogen and oxygen atoms in total. The Morgan fingerprint density at radius 1 is 1.27 bits per heavy atom. The summed E-state index contributed by atoms with van der Waals surface area (Å²) in [5, 5.41) is 9.04. The lowest BCUT2D eigenvalue weighted by Crippen LogP contribution is -1.98. The molecule has 0 aliphatic rings. The van der Waals surface area contributed by atoms with Crippen molar-refractivity contribution >= 4 is 0 Å². The van der Waals surface area contributed by atoms with E-state index in [1.807, 2.05) is 6.92 Å². The molecule has 1 heteroatoms. The molecule has 0 heterocycles. The second kappa shape index (κ2) is 7.63. The second-order valence-corrected chi connectivity index (χ2v) is 2.70. The van der Waals surface area contributed by atoms with E-state index in [4.69, 9.17) is 5.11 Å². The number of aliphatic hydroxyl groups excluding tert-OH is 1.